The third kappa shape index (κ3) is 5.65. The van der Waals surface area contributed by atoms with E-state index in [-0.39, 0.29) is 11.0 Å². The summed E-state index contributed by atoms with van der Waals surface area (Å²) in [6.07, 6.45) is 12.3. The Morgan fingerprint density at radius 2 is 1.88 bits per heavy atom. The Morgan fingerprint density at radius 3 is 2.58 bits per heavy atom. The number of benzene rings is 2. The van der Waals surface area contributed by atoms with Gasteiger partial charge in [0.05, 0.1) is 7.11 Å². The van der Waals surface area contributed by atoms with E-state index < -0.39 is 0 Å². The Bertz CT molecular complexity index is 956. The molecule has 33 heavy (non-hydrogen) atoms. The molecular weight excluding hydrogens is 402 g/mol. The van der Waals surface area contributed by atoms with Crippen LogP contribution in [0.3, 0.4) is 0 Å². The van der Waals surface area contributed by atoms with Crippen molar-refractivity contribution in [1.29, 1.82) is 0 Å². The van der Waals surface area contributed by atoms with Crippen molar-refractivity contribution >= 4 is 0 Å². The summed E-state index contributed by atoms with van der Waals surface area (Å²) in [5.41, 5.74) is 14.3. The molecule has 1 saturated carbocycles. The molecule has 2 aromatic carbocycles. The molecule has 180 valence electrons. The number of rotatable bonds is 7. The first-order valence-electron chi connectivity index (χ1n) is 13.3. The Balaban J connectivity index is 1.32. The predicted molar refractivity (Wildman–Crippen MR) is 140 cm³/mol. The van der Waals surface area contributed by atoms with Gasteiger partial charge in [0.25, 0.3) is 0 Å². The SMILES string of the molecule is CC[C@@]1(N)CC[C@H](c2ccc3c(c2)CC[C@@H](CCCc2ccc(OC)c(C(C)(C)C)c2)C3)C1. The van der Waals surface area contributed by atoms with Crippen molar-refractivity contribution < 1.29 is 4.74 Å². The molecule has 2 aliphatic carbocycles. The van der Waals surface area contributed by atoms with E-state index in [1.54, 1.807) is 23.8 Å². The highest BCUT2D eigenvalue weighted by molar-refractivity contribution is 5.41. The molecule has 0 saturated heterocycles. The molecule has 2 aliphatic rings. The molecule has 2 nitrogen and oxygen atoms in total. The summed E-state index contributed by atoms with van der Waals surface area (Å²) in [5, 5.41) is 0. The largest absolute Gasteiger partial charge is 0.496 e. The second-order valence-electron chi connectivity index (χ2n) is 12.0. The molecule has 2 heteroatoms. The van der Waals surface area contributed by atoms with Gasteiger partial charge in [0.15, 0.2) is 0 Å². The van der Waals surface area contributed by atoms with Crippen molar-refractivity contribution in [2.75, 3.05) is 7.11 Å². The summed E-state index contributed by atoms with van der Waals surface area (Å²) in [4.78, 5) is 0. The maximum absolute atomic E-state index is 6.57. The van der Waals surface area contributed by atoms with Crippen LogP contribution in [0, 0.1) is 5.92 Å². The molecule has 0 spiro atoms. The summed E-state index contributed by atoms with van der Waals surface area (Å²) in [7, 11) is 1.78. The van der Waals surface area contributed by atoms with Crippen LogP contribution in [0.5, 0.6) is 5.75 Å². The minimum Gasteiger partial charge on any atom is -0.496 e. The molecule has 0 aliphatic heterocycles. The lowest BCUT2D eigenvalue weighted by atomic mass is 9.79. The van der Waals surface area contributed by atoms with E-state index >= 15 is 0 Å². The molecule has 0 aromatic heterocycles. The van der Waals surface area contributed by atoms with Crippen LogP contribution in [-0.2, 0) is 24.7 Å². The van der Waals surface area contributed by atoms with Gasteiger partial charge in [0.1, 0.15) is 5.75 Å². The smallest absolute Gasteiger partial charge is 0.122 e. The standard InChI is InChI=1S/C31H45NO/c1-6-31(32)17-16-27(21-31)26-14-13-24-18-22(10-12-25(24)20-26)8-7-9-23-11-15-29(33-5)28(19-23)30(2,3)4/h11,13-15,19-20,22,27H,6-10,12,16-18,21,32H2,1-5H3/t22-,27+,31-/m1/s1. The first kappa shape index (κ1) is 24.3. The molecule has 2 aromatic rings. The summed E-state index contributed by atoms with van der Waals surface area (Å²) < 4.78 is 5.61. The van der Waals surface area contributed by atoms with E-state index in [0.717, 1.165) is 30.9 Å². The van der Waals surface area contributed by atoms with Crippen molar-refractivity contribution in [3.05, 3.63) is 64.2 Å². The van der Waals surface area contributed by atoms with Crippen LogP contribution in [0.2, 0.25) is 0 Å². The molecule has 1 fully saturated rings. The topological polar surface area (TPSA) is 35.2 Å². The number of aryl methyl sites for hydroxylation is 2. The first-order chi connectivity index (χ1) is 15.7. The van der Waals surface area contributed by atoms with Crippen LogP contribution in [0.25, 0.3) is 0 Å². The molecule has 3 atom stereocenters. The lowest BCUT2D eigenvalue weighted by Crippen LogP contribution is -2.35. The summed E-state index contributed by atoms with van der Waals surface area (Å²) in [6.45, 7) is 9.04. The summed E-state index contributed by atoms with van der Waals surface area (Å²) in [5.74, 6) is 2.51. The van der Waals surface area contributed by atoms with Gasteiger partial charge in [0, 0.05) is 5.54 Å². The highest BCUT2D eigenvalue weighted by atomic mass is 16.5. The lowest BCUT2D eigenvalue weighted by Gasteiger charge is -2.27. The summed E-state index contributed by atoms with van der Waals surface area (Å²) >= 11 is 0. The first-order valence-corrected chi connectivity index (χ1v) is 13.3. The second kappa shape index (κ2) is 9.82. The molecular formula is C31H45NO. The van der Waals surface area contributed by atoms with Crippen molar-refractivity contribution in [3.63, 3.8) is 0 Å². The number of fused-ring (bicyclic) bond motifs is 1. The highest BCUT2D eigenvalue weighted by Gasteiger charge is 2.35. The lowest BCUT2D eigenvalue weighted by molar-refractivity contribution is 0.396. The molecule has 0 heterocycles. The quantitative estimate of drug-likeness (QED) is 0.477. The number of hydrogen-bond acceptors (Lipinski definition) is 2. The van der Waals surface area contributed by atoms with Gasteiger partial charge in [-0.15, -0.1) is 0 Å². The fourth-order valence-corrected chi connectivity index (χ4v) is 6.20. The third-order valence-electron chi connectivity index (χ3n) is 8.53. The van der Waals surface area contributed by atoms with Gasteiger partial charge in [-0.2, -0.15) is 0 Å². The maximum Gasteiger partial charge on any atom is 0.122 e. The minimum atomic E-state index is 0.0726. The number of ether oxygens (including phenoxy) is 1. The van der Waals surface area contributed by atoms with Crippen molar-refractivity contribution in [2.24, 2.45) is 11.7 Å². The molecule has 0 amide bonds. The van der Waals surface area contributed by atoms with Gasteiger partial charge >= 0.3 is 0 Å². The summed E-state index contributed by atoms with van der Waals surface area (Å²) in [6, 6.07) is 14.2. The van der Waals surface area contributed by atoms with E-state index in [4.69, 9.17) is 10.5 Å². The van der Waals surface area contributed by atoms with E-state index in [1.165, 1.54) is 56.1 Å². The van der Waals surface area contributed by atoms with Crippen molar-refractivity contribution in [1.82, 2.24) is 0 Å². The van der Waals surface area contributed by atoms with E-state index in [2.05, 4.69) is 64.1 Å². The van der Waals surface area contributed by atoms with Crippen LogP contribution < -0.4 is 10.5 Å². The fourth-order valence-electron chi connectivity index (χ4n) is 6.20. The zero-order chi connectivity index (χ0) is 23.6. The molecule has 0 unspecified atom stereocenters. The van der Waals surface area contributed by atoms with Gasteiger partial charge in [-0.05, 0) is 115 Å². The van der Waals surface area contributed by atoms with Crippen molar-refractivity contribution in [3.8, 4) is 5.75 Å². The van der Waals surface area contributed by atoms with Crippen LogP contribution in [-0.4, -0.2) is 12.6 Å². The van der Waals surface area contributed by atoms with Gasteiger partial charge < -0.3 is 10.5 Å². The number of nitrogens with two attached hydrogens (primary N) is 1. The number of hydrogen-bond donors (Lipinski definition) is 1. The third-order valence-corrected chi connectivity index (χ3v) is 8.53. The maximum atomic E-state index is 6.57. The van der Waals surface area contributed by atoms with E-state index in [0.29, 0.717) is 5.92 Å². The number of methoxy groups -OCH3 is 1. The molecule has 2 N–H and O–H groups in total. The zero-order valence-electron chi connectivity index (χ0n) is 21.7. The average Bonchev–Trinajstić information content (AvgIpc) is 3.21. The monoisotopic (exact) mass is 447 g/mol. The Labute approximate surface area is 202 Å². The zero-order valence-corrected chi connectivity index (χ0v) is 21.7. The van der Waals surface area contributed by atoms with Crippen molar-refractivity contribution in [2.45, 2.75) is 109 Å². The van der Waals surface area contributed by atoms with Crippen LogP contribution >= 0.6 is 0 Å². The highest BCUT2D eigenvalue weighted by Crippen LogP contribution is 2.42. The van der Waals surface area contributed by atoms with E-state index in [1.807, 2.05) is 0 Å². The normalized spacial score (nSPS) is 25.2. The Hall–Kier alpha value is -1.80. The fraction of sp³-hybridized carbons (Fsp3) is 0.613. The van der Waals surface area contributed by atoms with Crippen LogP contribution in [0.1, 0.15) is 106 Å². The second-order valence-corrected chi connectivity index (χ2v) is 12.0. The predicted octanol–water partition coefficient (Wildman–Crippen LogP) is 7.50. The van der Waals surface area contributed by atoms with Gasteiger partial charge in [-0.3, -0.25) is 0 Å². The average molecular weight is 448 g/mol. The Morgan fingerprint density at radius 1 is 1.06 bits per heavy atom. The minimum absolute atomic E-state index is 0.0726. The van der Waals surface area contributed by atoms with Gasteiger partial charge in [-0.1, -0.05) is 58.0 Å². The van der Waals surface area contributed by atoms with Gasteiger partial charge in [0.2, 0.25) is 0 Å². The molecule has 0 bridgehead atoms. The van der Waals surface area contributed by atoms with E-state index in [9.17, 15) is 0 Å². The molecule has 4 rings (SSSR count). The van der Waals surface area contributed by atoms with Gasteiger partial charge in [-0.25, -0.2) is 0 Å². The molecule has 0 radical (unpaired) electrons. The van der Waals surface area contributed by atoms with Crippen LogP contribution in [0.15, 0.2) is 36.4 Å². The van der Waals surface area contributed by atoms with Crippen LogP contribution in [0.4, 0.5) is 0 Å². The Kier molecular flexibility index (Phi) is 7.24.